The lowest BCUT2D eigenvalue weighted by Gasteiger charge is -2.18. The summed E-state index contributed by atoms with van der Waals surface area (Å²) in [5.74, 6) is 0. The minimum atomic E-state index is -3.73. The van der Waals surface area contributed by atoms with E-state index in [0.717, 1.165) is 19.6 Å². The van der Waals surface area contributed by atoms with Gasteiger partial charge < -0.3 is 10.6 Å². The van der Waals surface area contributed by atoms with Crippen LogP contribution in [0.15, 0.2) is 17.0 Å². The number of halogens is 2. The number of nitrogen functional groups attached to an aromatic ring is 1. The van der Waals surface area contributed by atoms with E-state index < -0.39 is 10.0 Å². The van der Waals surface area contributed by atoms with Gasteiger partial charge in [-0.2, -0.15) is 0 Å². The van der Waals surface area contributed by atoms with Gasteiger partial charge in [0.25, 0.3) is 0 Å². The van der Waals surface area contributed by atoms with Crippen LogP contribution >= 0.6 is 23.2 Å². The number of nitrogens with one attached hydrogen (secondary N) is 1. The van der Waals surface area contributed by atoms with E-state index >= 15 is 0 Å². The van der Waals surface area contributed by atoms with Crippen molar-refractivity contribution in [2.45, 2.75) is 25.2 Å². The first-order valence-electron chi connectivity index (χ1n) is 6.78. The maximum Gasteiger partial charge on any atom is 0.244 e. The molecule has 1 aromatic rings. The summed E-state index contributed by atoms with van der Waals surface area (Å²) in [6.07, 6.45) is 0.714. The fraction of sp³-hybridized carbons (Fsp3) is 0.538. The zero-order valence-electron chi connectivity index (χ0n) is 12.2. The zero-order valence-corrected chi connectivity index (χ0v) is 14.5. The lowest BCUT2D eigenvalue weighted by molar-refractivity contribution is 0.300. The first kappa shape index (κ1) is 18.5. The van der Waals surface area contributed by atoms with Gasteiger partial charge in [0.15, 0.2) is 0 Å². The molecular weight excluding hydrogens is 333 g/mol. The smallest absolute Gasteiger partial charge is 0.244 e. The van der Waals surface area contributed by atoms with Crippen molar-refractivity contribution < 1.29 is 8.42 Å². The van der Waals surface area contributed by atoms with Crippen molar-refractivity contribution >= 4 is 38.9 Å². The topological polar surface area (TPSA) is 75.4 Å². The number of sulfonamides is 1. The van der Waals surface area contributed by atoms with Crippen LogP contribution in [0.5, 0.6) is 0 Å². The van der Waals surface area contributed by atoms with Crippen molar-refractivity contribution in [1.82, 2.24) is 9.62 Å². The van der Waals surface area contributed by atoms with Crippen LogP contribution in [0.2, 0.25) is 10.0 Å². The summed E-state index contributed by atoms with van der Waals surface area (Å²) in [4.78, 5) is 2.11. The number of hydrogen-bond acceptors (Lipinski definition) is 4. The first-order chi connectivity index (χ1) is 9.81. The number of rotatable bonds is 8. The van der Waals surface area contributed by atoms with Crippen molar-refractivity contribution in [3.05, 3.63) is 22.2 Å². The summed E-state index contributed by atoms with van der Waals surface area (Å²) < 4.78 is 27.0. The second-order valence-corrected chi connectivity index (χ2v) is 7.13. The van der Waals surface area contributed by atoms with E-state index in [1.54, 1.807) is 0 Å². The molecule has 120 valence electrons. The van der Waals surface area contributed by atoms with Crippen LogP contribution in [0.1, 0.15) is 20.3 Å². The van der Waals surface area contributed by atoms with E-state index in [9.17, 15) is 8.42 Å². The summed E-state index contributed by atoms with van der Waals surface area (Å²) in [7, 11) is -3.73. The molecule has 0 aliphatic heterocycles. The molecule has 0 radical (unpaired) electrons. The predicted octanol–water partition coefficient (Wildman–Crippen LogP) is 2.59. The van der Waals surface area contributed by atoms with Crippen LogP contribution in [-0.2, 0) is 10.0 Å². The fourth-order valence-corrected chi connectivity index (χ4v) is 4.04. The molecule has 0 amide bonds. The van der Waals surface area contributed by atoms with Crippen LogP contribution in [0.4, 0.5) is 5.69 Å². The van der Waals surface area contributed by atoms with E-state index in [0.29, 0.717) is 18.0 Å². The molecule has 8 heteroatoms. The molecule has 3 N–H and O–H groups in total. The molecule has 0 aromatic heterocycles. The number of nitrogens with two attached hydrogens (primary N) is 1. The summed E-state index contributed by atoms with van der Waals surface area (Å²) in [5, 5.41) is 0.328. The molecule has 21 heavy (non-hydrogen) atoms. The van der Waals surface area contributed by atoms with Gasteiger partial charge in [0.1, 0.15) is 4.90 Å². The standard InChI is InChI=1S/C13H21Cl2N3O2S/c1-3-18(4-2)7-5-6-17-21(19,20)13-11(15)8-10(14)9-12(13)16/h8-9,17H,3-7,16H2,1-2H3. The second kappa shape index (κ2) is 8.19. The number of nitrogens with zero attached hydrogens (tertiary/aromatic N) is 1. The van der Waals surface area contributed by atoms with Gasteiger partial charge in [-0.15, -0.1) is 0 Å². The largest absolute Gasteiger partial charge is 0.398 e. The van der Waals surface area contributed by atoms with Crippen LogP contribution < -0.4 is 10.5 Å². The monoisotopic (exact) mass is 353 g/mol. The average Bonchev–Trinajstić information content (AvgIpc) is 2.37. The van der Waals surface area contributed by atoms with E-state index in [1.807, 2.05) is 0 Å². The molecule has 0 saturated carbocycles. The maximum atomic E-state index is 12.2. The van der Waals surface area contributed by atoms with Crippen molar-refractivity contribution in [3.8, 4) is 0 Å². The van der Waals surface area contributed by atoms with Crippen LogP contribution in [-0.4, -0.2) is 39.5 Å². The van der Waals surface area contributed by atoms with Gasteiger partial charge in [-0.3, -0.25) is 0 Å². The van der Waals surface area contributed by atoms with Gasteiger partial charge in [0, 0.05) is 11.6 Å². The van der Waals surface area contributed by atoms with Gasteiger partial charge in [-0.25, -0.2) is 13.1 Å². The molecule has 0 aliphatic rings. The molecule has 0 atom stereocenters. The third kappa shape index (κ3) is 5.30. The van der Waals surface area contributed by atoms with Gasteiger partial charge in [-0.05, 0) is 38.2 Å². The normalized spacial score (nSPS) is 12.0. The maximum absolute atomic E-state index is 12.2. The van der Waals surface area contributed by atoms with Crippen LogP contribution in [0.3, 0.4) is 0 Å². The Morgan fingerprint density at radius 2 is 1.86 bits per heavy atom. The van der Waals surface area contributed by atoms with E-state index in [2.05, 4.69) is 23.5 Å². The van der Waals surface area contributed by atoms with E-state index in [1.165, 1.54) is 12.1 Å². The van der Waals surface area contributed by atoms with Crippen molar-refractivity contribution in [1.29, 1.82) is 0 Å². The highest BCUT2D eigenvalue weighted by Crippen LogP contribution is 2.30. The van der Waals surface area contributed by atoms with Crippen LogP contribution in [0, 0.1) is 0 Å². The molecule has 0 saturated heterocycles. The quantitative estimate of drug-likeness (QED) is 0.556. The lowest BCUT2D eigenvalue weighted by Crippen LogP contribution is -2.30. The Labute approximate surface area is 136 Å². The van der Waals surface area contributed by atoms with Gasteiger partial charge in [0.05, 0.1) is 10.7 Å². The summed E-state index contributed by atoms with van der Waals surface area (Å²) in [6, 6.07) is 2.74. The molecule has 5 nitrogen and oxygen atoms in total. The highest BCUT2D eigenvalue weighted by atomic mass is 35.5. The summed E-state index contributed by atoms with van der Waals surface area (Å²) >= 11 is 11.7. The Balaban J connectivity index is 2.71. The molecule has 0 spiro atoms. The Kier molecular flexibility index (Phi) is 7.23. The minimum Gasteiger partial charge on any atom is -0.398 e. The molecule has 0 fully saturated rings. The zero-order chi connectivity index (χ0) is 16.0. The van der Waals surface area contributed by atoms with Crippen molar-refractivity contribution in [2.75, 3.05) is 31.9 Å². The summed E-state index contributed by atoms with van der Waals surface area (Å²) in [6.45, 7) is 7.19. The highest BCUT2D eigenvalue weighted by Gasteiger charge is 2.21. The van der Waals surface area contributed by atoms with Crippen molar-refractivity contribution in [2.24, 2.45) is 0 Å². The molecule has 1 rings (SSSR count). The Bertz CT molecular complexity index is 552. The number of hydrogen-bond donors (Lipinski definition) is 2. The Morgan fingerprint density at radius 3 is 2.38 bits per heavy atom. The lowest BCUT2D eigenvalue weighted by atomic mass is 10.3. The molecule has 1 aromatic carbocycles. The highest BCUT2D eigenvalue weighted by molar-refractivity contribution is 7.89. The fourth-order valence-electron chi connectivity index (χ4n) is 1.98. The molecule has 0 bridgehead atoms. The molecular formula is C13H21Cl2N3O2S. The predicted molar refractivity (Wildman–Crippen MR) is 88.5 cm³/mol. The molecule has 0 heterocycles. The SMILES string of the molecule is CCN(CC)CCCNS(=O)(=O)c1c(N)cc(Cl)cc1Cl. The van der Waals surface area contributed by atoms with Gasteiger partial charge in [0.2, 0.25) is 10.0 Å². The summed E-state index contributed by atoms with van der Waals surface area (Å²) in [5.41, 5.74) is 5.75. The van der Waals surface area contributed by atoms with E-state index in [4.69, 9.17) is 28.9 Å². The second-order valence-electron chi connectivity index (χ2n) is 4.58. The molecule has 0 aliphatic carbocycles. The Morgan fingerprint density at radius 1 is 1.24 bits per heavy atom. The first-order valence-corrected chi connectivity index (χ1v) is 9.02. The third-order valence-electron chi connectivity index (χ3n) is 3.14. The van der Waals surface area contributed by atoms with Gasteiger partial charge >= 0.3 is 0 Å². The minimum absolute atomic E-state index is 0.0243. The van der Waals surface area contributed by atoms with Crippen molar-refractivity contribution in [3.63, 3.8) is 0 Å². The number of anilines is 1. The van der Waals surface area contributed by atoms with Gasteiger partial charge in [-0.1, -0.05) is 37.0 Å². The van der Waals surface area contributed by atoms with E-state index in [-0.39, 0.29) is 15.6 Å². The molecule has 0 unspecified atom stereocenters. The van der Waals surface area contributed by atoms with Crippen LogP contribution in [0.25, 0.3) is 0 Å². The number of benzene rings is 1. The average molecular weight is 354 g/mol. The third-order valence-corrected chi connectivity index (χ3v) is 5.35. The Hall–Kier alpha value is -0.530.